The lowest BCUT2D eigenvalue weighted by atomic mass is 10.0. The van der Waals surface area contributed by atoms with Crippen LogP contribution in [-0.4, -0.2) is 28.7 Å². The van der Waals surface area contributed by atoms with Gasteiger partial charge in [-0.2, -0.15) is 10.1 Å². The van der Waals surface area contributed by atoms with Gasteiger partial charge in [-0.1, -0.05) is 121 Å². The quantitative estimate of drug-likeness (QED) is 0.137. The highest BCUT2D eigenvalue weighted by Crippen LogP contribution is 2.19. The van der Waals surface area contributed by atoms with E-state index in [1.807, 2.05) is 12.1 Å². The van der Waals surface area contributed by atoms with Crippen molar-refractivity contribution in [3.8, 4) is 0 Å². The van der Waals surface area contributed by atoms with Crippen LogP contribution in [0.25, 0.3) is 0 Å². The molecule has 210 valence electrons. The summed E-state index contributed by atoms with van der Waals surface area (Å²) in [4.78, 5) is 36.3. The number of nitrogens with zero attached hydrogens (tertiary/aromatic N) is 2. The fraction of sp³-hybridized carbons (Fsp3) is 0.613. The number of amidine groups is 1. The number of unbranched alkanes of at least 4 members (excludes halogenated alkanes) is 14. The number of anilines is 1. The fourth-order valence-electron chi connectivity index (χ4n) is 4.64. The molecule has 0 aromatic heterocycles. The van der Waals surface area contributed by atoms with Crippen molar-refractivity contribution in [2.45, 2.75) is 116 Å². The zero-order valence-corrected chi connectivity index (χ0v) is 23.2. The van der Waals surface area contributed by atoms with Gasteiger partial charge in [0, 0.05) is 6.42 Å². The number of carbonyl (C=O) groups excluding carboxylic acids is 2. The summed E-state index contributed by atoms with van der Waals surface area (Å²) >= 11 is 0. The van der Waals surface area contributed by atoms with Crippen LogP contribution in [-0.2, 0) is 14.4 Å². The van der Waals surface area contributed by atoms with Crippen molar-refractivity contribution in [3.63, 3.8) is 0 Å². The second kappa shape index (κ2) is 19.2. The first-order chi connectivity index (χ1) is 18.5. The summed E-state index contributed by atoms with van der Waals surface area (Å²) in [6.07, 6.45) is 22.4. The van der Waals surface area contributed by atoms with Gasteiger partial charge in [-0.05, 0) is 25.0 Å². The molecule has 2 amide bonds. The number of carboxylic acids is 1. The molecule has 0 saturated heterocycles. The molecule has 0 bridgehead atoms. The Morgan fingerprint density at radius 3 is 2.03 bits per heavy atom. The van der Waals surface area contributed by atoms with Crippen LogP contribution >= 0.6 is 0 Å². The Balaban J connectivity index is 1.55. The number of rotatable bonds is 20. The SMILES string of the molecule is CCCCCCCCCCCCCCCC/C=C\C(CC(=O)NC1=NN(c2ccccc2)C(=O)C1)C(=O)O. The molecular weight excluding hydrogens is 478 g/mol. The predicted octanol–water partition coefficient (Wildman–Crippen LogP) is 7.37. The molecular formula is C31H47N3O4. The molecule has 0 saturated carbocycles. The molecule has 2 rings (SSSR count). The number of hydrogen-bond acceptors (Lipinski definition) is 4. The van der Waals surface area contributed by atoms with Crippen molar-refractivity contribution in [2.24, 2.45) is 11.0 Å². The van der Waals surface area contributed by atoms with Crippen LogP contribution in [0.15, 0.2) is 47.6 Å². The van der Waals surface area contributed by atoms with Crippen LogP contribution < -0.4 is 10.3 Å². The molecule has 1 aromatic rings. The summed E-state index contributed by atoms with van der Waals surface area (Å²) in [5, 5.41) is 17.6. The van der Waals surface area contributed by atoms with E-state index in [9.17, 15) is 19.5 Å². The lowest BCUT2D eigenvalue weighted by Crippen LogP contribution is -2.32. The van der Waals surface area contributed by atoms with E-state index in [2.05, 4.69) is 17.3 Å². The highest BCUT2D eigenvalue weighted by atomic mass is 16.4. The Bertz CT molecular complexity index is 898. The van der Waals surface area contributed by atoms with E-state index in [0.717, 1.165) is 19.3 Å². The fourth-order valence-corrected chi connectivity index (χ4v) is 4.64. The smallest absolute Gasteiger partial charge is 0.310 e. The predicted molar refractivity (Wildman–Crippen MR) is 154 cm³/mol. The standard InChI is InChI=1S/C31H47N3O4/c1-2-3-4-5-6-7-8-9-10-11-12-13-14-15-16-18-21-26(31(37)38)24-29(35)32-28-25-30(36)34(33-28)27-22-19-17-20-23-27/h17-23,26H,2-16,24-25H2,1H3,(H,37,38)(H,32,33,35)/b21-18-. The average molecular weight is 526 g/mol. The number of carbonyl (C=O) groups is 3. The summed E-state index contributed by atoms with van der Waals surface area (Å²) in [6.45, 7) is 2.26. The van der Waals surface area contributed by atoms with Crippen molar-refractivity contribution in [1.29, 1.82) is 0 Å². The third-order valence-electron chi connectivity index (χ3n) is 6.88. The first-order valence-corrected chi connectivity index (χ1v) is 14.7. The number of benzene rings is 1. The number of carboxylic acid groups (broad SMARTS) is 1. The molecule has 1 heterocycles. The number of aliphatic carboxylic acids is 1. The molecule has 0 radical (unpaired) electrons. The maximum Gasteiger partial charge on any atom is 0.310 e. The van der Waals surface area contributed by atoms with Crippen LogP contribution in [0.1, 0.15) is 116 Å². The first kappa shape index (κ1) is 31.3. The normalized spacial score (nSPS) is 14.2. The highest BCUT2D eigenvalue weighted by molar-refractivity contribution is 6.15. The molecule has 2 N–H and O–H groups in total. The van der Waals surface area contributed by atoms with Crippen molar-refractivity contribution in [3.05, 3.63) is 42.5 Å². The van der Waals surface area contributed by atoms with E-state index < -0.39 is 17.8 Å². The van der Waals surface area contributed by atoms with Crippen LogP contribution in [0.2, 0.25) is 0 Å². The van der Waals surface area contributed by atoms with Gasteiger partial charge in [0.15, 0.2) is 0 Å². The topological polar surface area (TPSA) is 99.1 Å². The number of amides is 2. The van der Waals surface area contributed by atoms with E-state index in [1.165, 1.54) is 82.1 Å². The van der Waals surface area contributed by atoms with Gasteiger partial charge in [0.2, 0.25) is 5.91 Å². The second-order valence-electron chi connectivity index (χ2n) is 10.3. The molecule has 0 fully saturated rings. The molecule has 1 unspecified atom stereocenters. The molecule has 7 nitrogen and oxygen atoms in total. The molecule has 1 aliphatic heterocycles. The van der Waals surface area contributed by atoms with E-state index in [-0.39, 0.29) is 24.6 Å². The maximum absolute atomic E-state index is 12.4. The first-order valence-electron chi connectivity index (χ1n) is 14.7. The maximum atomic E-state index is 12.4. The van der Waals surface area contributed by atoms with Crippen molar-refractivity contribution in [1.82, 2.24) is 5.32 Å². The summed E-state index contributed by atoms with van der Waals surface area (Å²) < 4.78 is 0. The monoisotopic (exact) mass is 525 g/mol. The summed E-state index contributed by atoms with van der Waals surface area (Å²) in [7, 11) is 0. The lowest BCUT2D eigenvalue weighted by molar-refractivity contribution is -0.142. The van der Waals surface area contributed by atoms with Gasteiger partial charge in [0.25, 0.3) is 5.91 Å². The van der Waals surface area contributed by atoms with E-state index in [1.54, 1.807) is 30.3 Å². The Morgan fingerprint density at radius 1 is 0.921 bits per heavy atom. The Hall–Kier alpha value is -2.96. The summed E-state index contributed by atoms with van der Waals surface area (Å²) in [6, 6.07) is 8.97. The number of allylic oxidation sites excluding steroid dienone is 1. The van der Waals surface area contributed by atoms with Gasteiger partial charge in [0.1, 0.15) is 5.84 Å². The van der Waals surface area contributed by atoms with Crippen molar-refractivity contribution in [2.75, 3.05) is 5.01 Å². The Kier molecular flexibility index (Phi) is 15.8. The van der Waals surface area contributed by atoms with Gasteiger partial charge >= 0.3 is 5.97 Å². The summed E-state index contributed by atoms with van der Waals surface area (Å²) in [5.41, 5.74) is 0.622. The van der Waals surface area contributed by atoms with Gasteiger partial charge in [0.05, 0.1) is 18.0 Å². The van der Waals surface area contributed by atoms with Crippen LogP contribution in [0.5, 0.6) is 0 Å². The second-order valence-corrected chi connectivity index (χ2v) is 10.3. The zero-order chi connectivity index (χ0) is 27.4. The van der Waals surface area contributed by atoms with Crippen molar-refractivity contribution < 1.29 is 19.5 Å². The van der Waals surface area contributed by atoms with Crippen LogP contribution in [0, 0.1) is 5.92 Å². The molecule has 1 aliphatic rings. The molecule has 7 heteroatoms. The van der Waals surface area contributed by atoms with E-state index >= 15 is 0 Å². The molecule has 1 atom stereocenters. The molecule has 0 spiro atoms. The van der Waals surface area contributed by atoms with E-state index in [0.29, 0.717) is 5.69 Å². The van der Waals surface area contributed by atoms with Gasteiger partial charge in [-0.15, -0.1) is 0 Å². The van der Waals surface area contributed by atoms with Crippen LogP contribution in [0.4, 0.5) is 5.69 Å². The highest BCUT2D eigenvalue weighted by Gasteiger charge is 2.27. The number of para-hydroxylation sites is 1. The minimum absolute atomic E-state index is 0.0205. The largest absolute Gasteiger partial charge is 0.481 e. The summed E-state index contributed by atoms with van der Waals surface area (Å²) in [5.74, 6) is -2.40. The van der Waals surface area contributed by atoms with E-state index in [4.69, 9.17) is 0 Å². The van der Waals surface area contributed by atoms with Crippen LogP contribution in [0.3, 0.4) is 0 Å². The van der Waals surface area contributed by atoms with Gasteiger partial charge < -0.3 is 10.4 Å². The molecule has 1 aromatic carbocycles. The Labute approximate surface area is 228 Å². The van der Waals surface area contributed by atoms with Gasteiger partial charge in [-0.3, -0.25) is 14.4 Å². The molecule has 38 heavy (non-hydrogen) atoms. The lowest BCUT2D eigenvalue weighted by Gasteiger charge is -2.10. The zero-order valence-electron chi connectivity index (χ0n) is 23.2. The third-order valence-corrected chi connectivity index (χ3v) is 6.88. The third kappa shape index (κ3) is 13.0. The van der Waals surface area contributed by atoms with Crippen molar-refractivity contribution >= 4 is 29.3 Å². The minimum Gasteiger partial charge on any atom is -0.481 e. The minimum atomic E-state index is -1.03. The van der Waals surface area contributed by atoms with Gasteiger partial charge in [-0.25, -0.2) is 0 Å². The number of hydrazone groups is 1. The molecule has 0 aliphatic carbocycles. The number of nitrogens with one attached hydrogen (secondary N) is 1. The number of hydrogen-bond donors (Lipinski definition) is 2. The Morgan fingerprint density at radius 2 is 1.47 bits per heavy atom. The average Bonchev–Trinajstić information content (AvgIpc) is 3.27.